The summed E-state index contributed by atoms with van der Waals surface area (Å²) in [4.78, 5) is 4.26. The van der Waals surface area contributed by atoms with Gasteiger partial charge in [0.15, 0.2) is 0 Å². The van der Waals surface area contributed by atoms with Crippen LogP contribution in [-0.4, -0.2) is 23.7 Å². The van der Waals surface area contributed by atoms with Crippen LogP contribution in [0.4, 0.5) is 13.2 Å². The summed E-state index contributed by atoms with van der Waals surface area (Å²) < 4.78 is 39.9. The Morgan fingerprint density at radius 2 is 2.05 bits per heavy atom. The Hall–Kier alpha value is -1.10. The fraction of sp³-hybridized carbons (Fsp3) is 0.688. The molecular weight excluding hydrogens is 277 g/mol. The monoisotopic (exact) mass is 300 g/mol. The van der Waals surface area contributed by atoms with Gasteiger partial charge in [0, 0.05) is 24.4 Å². The third kappa shape index (κ3) is 4.43. The third-order valence-corrected chi connectivity index (χ3v) is 4.38. The Morgan fingerprint density at radius 1 is 1.29 bits per heavy atom. The van der Waals surface area contributed by atoms with Crippen molar-refractivity contribution in [1.82, 2.24) is 10.3 Å². The highest BCUT2D eigenvalue weighted by atomic mass is 19.4. The highest BCUT2D eigenvalue weighted by Gasteiger charge is 2.47. The highest BCUT2D eigenvalue weighted by molar-refractivity contribution is 5.06. The van der Waals surface area contributed by atoms with E-state index < -0.39 is 12.1 Å². The maximum Gasteiger partial charge on any atom is 0.392 e. The second kappa shape index (κ2) is 7.25. The number of hydrogen-bond donors (Lipinski definition) is 1. The van der Waals surface area contributed by atoms with Crippen LogP contribution in [-0.2, 0) is 6.42 Å². The molecule has 0 aliphatic heterocycles. The molecule has 0 aromatic carbocycles. The fourth-order valence-electron chi connectivity index (χ4n) is 3.43. The van der Waals surface area contributed by atoms with E-state index in [2.05, 4.69) is 10.3 Å². The molecule has 1 aliphatic carbocycles. The molecule has 2 nitrogen and oxygen atoms in total. The first kappa shape index (κ1) is 16.3. The molecule has 1 aliphatic rings. The number of aromatic nitrogens is 1. The van der Waals surface area contributed by atoms with Gasteiger partial charge in [0.1, 0.15) is 0 Å². The molecule has 0 amide bonds. The molecule has 0 radical (unpaired) electrons. The normalized spacial score (nSPS) is 24.8. The zero-order chi connectivity index (χ0) is 15.3. The van der Waals surface area contributed by atoms with E-state index in [0.29, 0.717) is 25.8 Å². The predicted molar refractivity (Wildman–Crippen MR) is 76.9 cm³/mol. The van der Waals surface area contributed by atoms with Crippen LogP contribution in [0.5, 0.6) is 0 Å². The van der Waals surface area contributed by atoms with Crippen LogP contribution in [0.3, 0.4) is 0 Å². The predicted octanol–water partition coefficient (Wildman–Crippen LogP) is 3.97. The maximum absolute atomic E-state index is 13.3. The number of pyridine rings is 1. The van der Waals surface area contributed by atoms with Crippen LogP contribution in [0.1, 0.15) is 38.3 Å². The molecule has 1 saturated carbocycles. The maximum atomic E-state index is 13.3. The van der Waals surface area contributed by atoms with Crippen molar-refractivity contribution in [1.29, 1.82) is 0 Å². The van der Waals surface area contributed by atoms with E-state index in [-0.39, 0.29) is 18.4 Å². The molecule has 3 atom stereocenters. The summed E-state index contributed by atoms with van der Waals surface area (Å²) in [5.41, 5.74) is 0.856. The van der Waals surface area contributed by atoms with Gasteiger partial charge >= 0.3 is 6.18 Å². The number of nitrogens with one attached hydrogen (secondary N) is 1. The van der Waals surface area contributed by atoms with Crippen LogP contribution in [0.15, 0.2) is 24.4 Å². The van der Waals surface area contributed by atoms with Crippen LogP contribution in [0.2, 0.25) is 0 Å². The van der Waals surface area contributed by atoms with Crippen molar-refractivity contribution in [2.75, 3.05) is 6.54 Å². The standard InChI is InChI=1S/C16H23F3N2/c1-2-20-15(11-12-7-5-6-10-21-12)13-8-3-4-9-14(13)16(17,18)19/h5-7,10,13-15,20H,2-4,8-9,11H2,1H3. The molecule has 3 unspecified atom stereocenters. The summed E-state index contributed by atoms with van der Waals surface area (Å²) in [6, 6.07) is 5.44. The van der Waals surface area contributed by atoms with E-state index in [9.17, 15) is 13.2 Å². The van der Waals surface area contributed by atoms with Crippen LogP contribution < -0.4 is 5.32 Å². The molecule has 0 bridgehead atoms. The Bertz CT molecular complexity index is 419. The Morgan fingerprint density at radius 3 is 2.67 bits per heavy atom. The topological polar surface area (TPSA) is 24.9 Å². The van der Waals surface area contributed by atoms with E-state index >= 15 is 0 Å². The smallest absolute Gasteiger partial charge is 0.314 e. The Labute approximate surface area is 124 Å². The van der Waals surface area contributed by atoms with Crippen molar-refractivity contribution < 1.29 is 13.2 Å². The number of hydrogen-bond acceptors (Lipinski definition) is 2. The summed E-state index contributed by atoms with van der Waals surface area (Å²) in [6.07, 6.45) is 0.646. The lowest BCUT2D eigenvalue weighted by molar-refractivity contribution is -0.199. The largest absolute Gasteiger partial charge is 0.392 e. The minimum atomic E-state index is -4.09. The molecule has 118 valence electrons. The fourth-order valence-corrected chi connectivity index (χ4v) is 3.43. The Balaban J connectivity index is 2.15. The van der Waals surface area contributed by atoms with Gasteiger partial charge in [0.25, 0.3) is 0 Å². The number of nitrogens with zero attached hydrogens (tertiary/aromatic N) is 1. The second-order valence-electron chi connectivity index (χ2n) is 5.79. The molecule has 1 N–H and O–H groups in total. The number of halogens is 3. The van der Waals surface area contributed by atoms with Gasteiger partial charge < -0.3 is 5.32 Å². The van der Waals surface area contributed by atoms with Gasteiger partial charge in [-0.2, -0.15) is 13.2 Å². The second-order valence-corrected chi connectivity index (χ2v) is 5.79. The van der Waals surface area contributed by atoms with Crippen molar-refractivity contribution in [3.05, 3.63) is 30.1 Å². The summed E-state index contributed by atoms with van der Waals surface area (Å²) in [7, 11) is 0. The minimum absolute atomic E-state index is 0.156. The summed E-state index contributed by atoms with van der Waals surface area (Å²) >= 11 is 0. The SMILES string of the molecule is CCNC(Cc1ccccn1)C1CCCCC1C(F)(F)F. The lowest BCUT2D eigenvalue weighted by atomic mass is 9.73. The van der Waals surface area contributed by atoms with Crippen molar-refractivity contribution in [3.8, 4) is 0 Å². The summed E-state index contributed by atoms with van der Waals surface area (Å²) in [5, 5.41) is 3.26. The van der Waals surface area contributed by atoms with Gasteiger partial charge in [-0.25, -0.2) is 0 Å². The lowest BCUT2D eigenvalue weighted by Crippen LogP contribution is -2.46. The summed E-state index contributed by atoms with van der Waals surface area (Å²) in [5.74, 6) is -1.53. The van der Waals surface area contributed by atoms with Gasteiger partial charge in [-0.15, -0.1) is 0 Å². The van der Waals surface area contributed by atoms with Crippen LogP contribution in [0, 0.1) is 11.8 Å². The molecule has 1 aromatic heterocycles. The van der Waals surface area contributed by atoms with E-state index in [0.717, 1.165) is 12.1 Å². The average Bonchev–Trinajstić information content (AvgIpc) is 2.47. The van der Waals surface area contributed by atoms with Gasteiger partial charge in [-0.05, 0) is 37.4 Å². The molecular formula is C16H23F3N2. The zero-order valence-corrected chi connectivity index (χ0v) is 12.4. The van der Waals surface area contributed by atoms with Gasteiger partial charge in [0.05, 0.1) is 5.92 Å². The van der Waals surface area contributed by atoms with E-state index in [4.69, 9.17) is 0 Å². The molecule has 1 aromatic rings. The molecule has 21 heavy (non-hydrogen) atoms. The van der Waals surface area contributed by atoms with E-state index in [1.807, 2.05) is 25.1 Å². The summed E-state index contributed by atoms with van der Waals surface area (Å²) in [6.45, 7) is 2.62. The first-order chi connectivity index (χ1) is 10.0. The van der Waals surface area contributed by atoms with E-state index in [1.54, 1.807) is 6.20 Å². The van der Waals surface area contributed by atoms with Crippen molar-refractivity contribution >= 4 is 0 Å². The number of likely N-dealkylation sites (N-methyl/N-ethyl adjacent to an activating group) is 1. The first-order valence-corrected chi connectivity index (χ1v) is 7.72. The van der Waals surface area contributed by atoms with Crippen LogP contribution >= 0.6 is 0 Å². The minimum Gasteiger partial charge on any atom is -0.314 e. The van der Waals surface area contributed by atoms with Crippen molar-refractivity contribution in [2.45, 2.75) is 51.2 Å². The number of alkyl halides is 3. The van der Waals surface area contributed by atoms with Crippen molar-refractivity contribution in [2.24, 2.45) is 11.8 Å². The Kier molecular flexibility index (Phi) is 5.62. The molecule has 2 rings (SSSR count). The molecule has 0 saturated heterocycles. The zero-order valence-electron chi connectivity index (χ0n) is 12.4. The number of rotatable bonds is 5. The van der Waals surface area contributed by atoms with Gasteiger partial charge in [0.2, 0.25) is 0 Å². The van der Waals surface area contributed by atoms with Gasteiger partial charge in [-0.1, -0.05) is 25.8 Å². The highest BCUT2D eigenvalue weighted by Crippen LogP contribution is 2.43. The first-order valence-electron chi connectivity index (χ1n) is 7.72. The van der Waals surface area contributed by atoms with E-state index in [1.165, 1.54) is 0 Å². The quantitative estimate of drug-likeness (QED) is 0.890. The third-order valence-electron chi connectivity index (χ3n) is 4.38. The average molecular weight is 300 g/mol. The molecule has 1 fully saturated rings. The molecule has 0 spiro atoms. The van der Waals surface area contributed by atoms with Crippen molar-refractivity contribution in [3.63, 3.8) is 0 Å². The molecule has 1 heterocycles. The van der Waals surface area contributed by atoms with Crippen LogP contribution in [0.25, 0.3) is 0 Å². The van der Waals surface area contributed by atoms with Gasteiger partial charge in [-0.3, -0.25) is 4.98 Å². The molecule has 5 heteroatoms. The lowest BCUT2D eigenvalue weighted by Gasteiger charge is -2.38.